The van der Waals surface area contributed by atoms with Gasteiger partial charge in [0.2, 0.25) is 0 Å². The maximum absolute atomic E-state index is 12.2. The van der Waals surface area contributed by atoms with Crippen molar-refractivity contribution in [3.63, 3.8) is 0 Å². The van der Waals surface area contributed by atoms with E-state index < -0.39 is 20.0 Å². The summed E-state index contributed by atoms with van der Waals surface area (Å²) in [5, 5.41) is 4.64. The van der Waals surface area contributed by atoms with E-state index in [9.17, 15) is 14.2 Å². The Morgan fingerprint density at radius 3 is 1.74 bits per heavy atom. The number of nitrogens with one attached hydrogen (secondary N) is 2. The minimum absolute atomic E-state index is 0.0248. The quantitative estimate of drug-likeness (QED) is 0.310. The molecule has 23 heavy (non-hydrogen) atoms. The van der Waals surface area contributed by atoms with E-state index >= 15 is 0 Å². The number of carbonyl (C=O) groups is 2. The zero-order chi connectivity index (χ0) is 17.6. The summed E-state index contributed by atoms with van der Waals surface area (Å²) >= 11 is 0. The molecule has 0 aromatic heterocycles. The van der Waals surface area contributed by atoms with Crippen molar-refractivity contribution in [2.45, 2.75) is 6.92 Å². The minimum Gasteiger partial charge on any atom is -0.419 e. The fourth-order valence-corrected chi connectivity index (χ4v) is 2.30. The maximum atomic E-state index is 12.2. The number of amides is 2. The van der Waals surface area contributed by atoms with Crippen molar-refractivity contribution in [1.29, 1.82) is 0 Å². The van der Waals surface area contributed by atoms with Gasteiger partial charge in [-0.2, -0.15) is 0 Å². The van der Waals surface area contributed by atoms with Gasteiger partial charge in [0, 0.05) is 13.1 Å². The minimum atomic E-state index is -3.79. The zero-order valence-corrected chi connectivity index (χ0v) is 13.7. The molecule has 0 radical (unpaired) electrons. The molecule has 0 aliphatic heterocycles. The van der Waals surface area contributed by atoms with Crippen molar-refractivity contribution in [1.82, 2.24) is 10.6 Å². The van der Waals surface area contributed by atoms with Crippen molar-refractivity contribution in [2.24, 2.45) is 0 Å². The molecule has 132 valence electrons. The Kier molecular flexibility index (Phi) is 11.6. The predicted octanol–water partition coefficient (Wildman–Crippen LogP) is 1.90. The van der Waals surface area contributed by atoms with E-state index in [2.05, 4.69) is 33.3 Å². The normalized spacial score (nSPS) is 10.5. The lowest BCUT2D eigenvalue weighted by atomic mass is 10.7. The monoisotopic (exact) mass is 352 g/mol. The van der Waals surface area contributed by atoms with Crippen molar-refractivity contribution >= 4 is 20.0 Å². The van der Waals surface area contributed by atoms with E-state index in [0.717, 1.165) is 12.5 Å². The van der Waals surface area contributed by atoms with Crippen LogP contribution in [0.3, 0.4) is 0 Å². The molecule has 0 spiro atoms. The fraction of sp³-hybridized carbons (Fsp3) is 0.500. The first-order chi connectivity index (χ1) is 11.0. The summed E-state index contributed by atoms with van der Waals surface area (Å²) in [6.45, 7) is 7.92. The van der Waals surface area contributed by atoms with Crippen LogP contribution in [0.2, 0.25) is 0 Å². The van der Waals surface area contributed by atoms with Gasteiger partial charge in [-0.15, -0.1) is 0 Å². The molecular weight excluding hydrogens is 331 g/mol. The molecule has 0 fully saturated rings. The third-order valence-corrected chi connectivity index (χ3v) is 3.48. The van der Waals surface area contributed by atoms with Crippen molar-refractivity contribution in [3.05, 3.63) is 25.7 Å². The summed E-state index contributed by atoms with van der Waals surface area (Å²) in [6, 6.07) is 0. The van der Waals surface area contributed by atoms with Crippen LogP contribution in [0.15, 0.2) is 25.7 Å². The molecule has 0 bridgehead atoms. The van der Waals surface area contributed by atoms with Gasteiger partial charge in [-0.25, -0.2) is 14.2 Å². The SMILES string of the molecule is C=COC(=O)NCCOP(=O)(OCC)OCCNC(=O)OC=C. The Morgan fingerprint density at radius 2 is 1.39 bits per heavy atom. The van der Waals surface area contributed by atoms with Gasteiger partial charge in [-0.3, -0.25) is 13.6 Å². The van der Waals surface area contributed by atoms with Gasteiger partial charge >= 0.3 is 20.0 Å². The van der Waals surface area contributed by atoms with Gasteiger partial charge < -0.3 is 20.1 Å². The summed E-state index contributed by atoms with van der Waals surface area (Å²) in [5.74, 6) is 0. The standard InChI is InChI=1S/C12H21N2O8P/c1-4-18-11(15)13-7-9-21-23(17,20-6-3)22-10-8-14-12(16)19-5-2/h4-5H,1-2,6-10H2,3H3,(H,13,15)(H,14,16). The summed E-state index contributed by atoms with van der Waals surface area (Å²) < 4.78 is 35.9. The Morgan fingerprint density at radius 1 is 0.957 bits per heavy atom. The van der Waals surface area contributed by atoms with Gasteiger partial charge in [0.25, 0.3) is 0 Å². The Labute approximate surface area is 134 Å². The lowest BCUT2D eigenvalue weighted by Crippen LogP contribution is -2.27. The molecule has 0 aliphatic carbocycles. The van der Waals surface area contributed by atoms with Gasteiger partial charge in [-0.1, -0.05) is 13.2 Å². The molecule has 0 heterocycles. The highest BCUT2D eigenvalue weighted by molar-refractivity contribution is 7.48. The van der Waals surface area contributed by atoms with Crippen molar-refractivity contribution in [2.75, 3.05) is 32.9 Å². The van der Waals surface area contributed by atoms with Crippen LogP contribution in [-0.4, -0.2) is 45.1 Å². The second-order valence-corrected chi connectivity index (χ2v) is 5.20. The van der Waals surface area contributed by atoms with Crippen LogP contribution in [-0.2, 0) is 27.6 Å². The Hall–Kier alpha value is -1.87. The van der Waals surface area contributed by atoms with E-state index in [1.54, 1.807) is 6.92 Å². The summed E-state index contributed by atoms with van der Waals surface area (Å²) in [4.78, 5) is 21.9. The van der Waals surface area contributed by atoms with Crippen LogP contribution in [0.25, 0.3) is 0 Å². The molecular formula is C12H21N2O8P. The van der Waals surface area contributed by atoms with Crippen molar-refractivity contribution in [3.8, 4) is 0 Å². The molecule has 10 nitrogen and oxygen atoms in total. The Balaban J connectivity index is 4.06. The molecule has 0 unspecified atom stereocenters. The molecule has 0 aromatic rings. The van der Waals surface area contributed by atoms with E-state index in [4.69, 9.17) is 13.6 Å². The topological polar surface area (TPSA) is 121 Å². The van der Waals surface area contributed by atoms with Crippen LogP contribution in [0.5, 0.6) is 0 Å². The third kappa shape index (κ3) is 11.4. The van der Waals surface area contributed by atoms with Crippen LogP contribution in [0, 0.1) is 0 Å². The number of hydrogen-bond acceptors (Lipinski definition) is 8. The van der Waals surface area contributed by atoms with Crippen LogP contribution in [0.1, 0.15) is 6.92 Å². The van der Waals surface area contributed by atoms with E-state index in [1.165, 1.54) is 0 Å². The molecule has 0 rings (SSSR count). The second-order valence-electron chi connectivity index (χ2n) is 3.53. The summed E-state index contributed by atoms with van der Waals surface area (Å²) in [7, 11) is -3.79. The average Bonchev–Trinajstić information content (AvgIpc) is 2.49. The first-order valence-electron chi connectivity index (χ1n) is 6.61. The highest BCUT2D eigenvalue weighted by Crippen LogP contribution is 2.48. The summed E-state index contributed by atoms with van der Waals surface area (Å²) in [6.07, 6.45) is 0.491. The smallest absolute Gasteiger partial charge is 0.419 e. The average molecular weight is 352 g/mol. The fourth-order valence-electron chi connectivity index (χ4n) is 1.13. The Bertz CT molecular complexity index is 409. The molecule has 2 N–H and O–H groups in total. The first-order valence-corrected chi connectivity index (χ1v) is 8.08. The summed E-state index contributed by atoms with van der Waals surface area (Å²) in [5.41, 5.74) is 0. The molecule has 0 atom stereocenters. The number of phosphoric ester groups is 1. The number of alkyl carbamates (subject to hydrolysis) is 2. The lowest BCUT2D eigenvalue weighted by molar-refractivity contribution is 0.116. The molecule has 0 saturated carbocycles. The van der Waals surface area contributed by atoms with Crippen molar-refractivity contribution < 1.29 is 37.2 Å². The first kappa shape index (κ1) is 21.1. The third-order valence-electron chi connectivity index (χ3n) is 1.91. The molecule has 0 saturated heterocycles. The number of hydrogen-bond donors (Lipinski definition) is 2. The predicted molar refractivity (Wildman–Crippen MR) is 80.5 cm³/mol. The zero-order valence-electron chi connectivity index (χ0n) is 12.8. The van der Waals surface area contributed by atoms with Crippen LogP contribution in [0.4, 0.5) is 9.59 Å². The molecule has 0 aliphatic rings. The highest BCUT2D eigenvalue weighted by Gasteiger charge is 2.25. The van der Waals surface area contributed by atoms with E-state index in [-0.39, 0.29) is 32.9 Å². The van der Waals surface area contributed by atoms with Gasteiger partial charge in [-0.05, 0) is 6.92 Å². The van der Waals surface area contributed by atoms with Crippen LogP contribution < -0.4 is 10.6 Å². The number of phosphoric acid groups is 1. The highest BCUT2D eigenvalue weighted by atomic mass is 31.2. The largest absolute Gasteiger partial charge is 0.474 e. The lowest BCUT2D eigenvalue weighted by Gasteiger charge is -2.17. The van der Waals surface area contributed by atoms with E-state index in [0.29, 0.717) is 0 Å². The van der Waals surface area contributed by atoms with Gasteiger partial charge in [0.1, 0.15) is 0 Å². The number of rotatable bonds is 12. The number of ether oxygens (including phenoxy) is 2. The number of carbonyl (C=O) groups excluding carboxylic acids is 2. The molecule has 0 aromatic carbocycles. The van der Waals surface area contributed by atoms with Crippen LogP contribution >= 0.6 is 7.82 Å². The molecule has 2 amide bonds. The molecule has 11 heteroatoms. The van der Waals surface area contributed by atoms with E-state index in [1.807, 2.05) is 0 Å². The van der Waals surface area contributed by atoms with Gasteiger partial charge in [0.05, 0.1) is 32.3 Å². The second kappa shape index (κ2) is 12.7. The van der Waals surface area contributed by atoms with Gasteiger partial charge in [0.15, 0.2) is 0 Å². The maximum Gasteiger partial charge on any atom is 0.474 e.